The maximum atomic E-state index is 11.1. The first kappa shape index (κ1) is 9.72. The van der Waals surface area contributed by atoms with Gasteiger partial charge in [0, 0.05) is 7.05 Å². The summed E-state index contributed by atoms with van der Waals surface area (Å²) in [7, 11) is 1.50. The van der Waals surface area contributed by atoms with Crippen LogP contribution in [0.5, 0.6) is 0 Å². The second-order valence-electron chi connectivity index (χ2n) is 2.96. The second kappa shape index (κ2) is 3.09. The first-order valence-electron chi connectivity index (χ1n) is 3.94. The molecule has 0 amide bonds. The third kappa shape index (κ3) is 1.39. The summed E-state index contributed by atoms with van der Waals surface area (Å²) in [5.41, 5.74) is 0.299. The molecule has 2 rings (SSSR count). The van der Waals surface area contributed by atoms with Crippen LogP contribution in [0.2, 0.25) is 5.02 Å². The molecule has 6 nitrogen and oxygen atoms in total. The normalized spacial score (nSPS) is 10.8. The maximum absolute atomic E-state index is 11.1. The molecule has 0 unspecified atom stereocenters. The van der Waals surface area contributed by atoms with Crippen molar-refractivity contribution in [3.8, 4) is 0 Å². The van der Waals surface area contributed by atoms with Gasteiger partial charge in [0.2, 0.25) is 0 Å². The number of aromatic nitrogens is 1. The standard InChI is InChI=1S/C8H5ClN2O4/c1-10-6-2-4(9)5(11(13)14)3-7(6)15-8(10)12/h2-3H,1H3. The van der Waals surface area contributed by atoms with E-state index in [2.05, 4.69) is 0 Å². The predicted molar refractivity (Wildman–Crippen MR) is 53.1 cm³/mol. The molecule has 0 aliphatic heterocycles. The smallest absolute Gasteiger partial charge is 0.407 e. The van der Waals surface area contributed by atoms with Crippen molar-refractivity contribution in [2.24, 2.45) is 7.05 Å². The molecule has 1 aromatic heterocycles. The topological polar surface area (TPSA) is 78.3 Å². The summed E-state index contributed by atoms with van der Waals surface area (Å²) < 4.78 is 6.02. The van der Waals surface area contributed by atoms with Gasteiger partial charge in [-0.3, -0.25) is 14.7 Å². The van der Waals surface area contributed by atoms with Crippen LogP contribution in [0.15, 0.2) is 21.3 Å². The molecule has 0 saturated carbocycles. The highest BCUT2D eigenvalue weighted by Crippen LogP contribution is 2.28. The summed E-state index contributed by atoms with van der Waals surface area (Å²) in [5, 5.41) is 10.5. The fourth-order valence-electron chi connectivity index (χ4n) is 1.28. The molecular weight excluding hydrogens is 224 g/mol. The minimum Gasteiger partial charge on any atom is -0.407 e. The monoisotopic (exact) mass is 228 g/mol. The van der Waals surface area contributed by atoms with Gasteiger partial charge in [0.15, 0.2) is 5.58 Å². The Bertz CT molecular complexity index is 613. The van der Waals surface area contributed by atoms with Crippen LogP contribution in [0.1, 0.15) is 0 Å². The Morgan fingerprint density at radius 1 is 1.53 bits per heavy atom. The lowest BCUT2D eigenvalue weighted by Crippen LogP contribution is -2.08. The SMILES string of the molecule is Cn1c(=O)oc2cc([N+](=O)[O-])c(Cl)cc21. The summed E-state index contributed by atoms with van der Waals surface area (Å²) in [6, 6.07) is 2.47. The summed E-state index contributed by atoms with van der Waals surface area (Å²) in [5.74, 6) is -0.582. The Hall–Kier alpha value is -1.82. The summed E-state index contributed by atoms with van der Waals surface area (Å²) in [4.78, 5) is 21.0. The molecule has 2 aromatic rings. The average Bonchev–Trinajstić information content (AvgIpc) is 2.43. The first-order chi connectivity index (χ1) is 7.00. The molecule has 15 heavy (non-hydrogen) atoms. The van der Waals surface area contributed by atoms with Crippen LogP contribution in [-0.4, -0.2) is 9.49 Å². The second-order valence-corrected chi connectivity index (χ2v) is 3.36. The quantitative estimate of drug-likeness (QED) is 0.550. The number of fused-ring (bicyclic) bond motifs is 1. The number of rotatable bonds is 1. The summed E-state index contributed by atoms with van der Waals surface area (Å²) >= 11 is 5.68. The molecule has 1 aromatic carbocycles. The van der Waals surface area contributed by atoms with Crippen molar-refractivity contribution in [1.29, 1.82) is 0 Å². The Kier molecular flexibility index (Phi) is 2.01. The van der Waals surface area contributed by atoms with Crippen molar-refractivity contribution in [2.45, 2.75) is 0 Å². The van der Waals surface area contributed by atoms with Crippen LogP contribution in [0.25, 0.3) is 11.1 Å². The van der Waals surface area contributed by atoms with E-state index in [9.17, 15) is 14.9 Å². The maximum Gasteiger partial charge on any atom is 0.419 e. The molecule has 0 atom stereocenters. The van der Waals surface area contributed by atoms with E-state index in [1.807, 2.05) is 0 Å². The Morgan fingerprint density at radius 3 is 2.80 bits per heavy atom. The Labute approximate surface area is 87.8 Å². The van der Waals surface area contributed by atoms with Crippen LogP contribution in [0, 0.1) is 10.1 Å². The number of oxazole rings is 1. The Balaban J connectivity index is 2.88. The number of nitrogens with zero attached hydrogens (tertiary/aromatic N) is 2. The molecule has 78 valence electrons. The van der Waals surface area contributed by atoms with Gasteiger partial charge in [-0.2, -0.15) is 0 Å². The van der Waals surface area contributed by atoms with E-state index in [4.69, 9.17) is 16.0 Å². The van der Waals surface area contributed by atoms with E-state index >= 15 is 0 Å². The molecule has 7 heteroatoms. The van der Waals surface area contributed by atoms with Gasteiger partial charge in [-0.1, -0.05) is 11.6 Å². The highest BCUT2D eigenvalue weighted by molar-refractivity contribution is 6.33. The van der Waals surface area contributed by atoms with Crippen LogP contribution in [-0.2, 0) is 7.05 Å². The number of nitro groups is 1. The first-order valence-corrected chi connectivity index (χ1v) is 4.32. The number of aryl methyl sites for hydroxylation is 1. The van der Waals surface area contributed by atoms with Crippen molar-refractivity contribution in [1.82, 2.24) is 4.57 Å². The zero-order valence-electron chi connectivity index (χ0n) is 7.56. The lowest BCUT2D eigenvalue weighted by molar-refractivity contribution is -0.384. The number of halogens is 1. The fourth-order valence-corrected chi connectivity index (χ4v) is 1.50. The predicted octanol–water partition coefficient (Wildman–Crippen LogP) is 1.69. The van der Waals surface area contributed by atoms with Gasteiger partial charge in [0.1, 0.15) is 5.02 Å². The summed E-state index contributed by atoms with van der Waals surface area (Å²) in [6.07, 6.45) is 0. The summed E-state index contributed by atoms with van der Waals surface area (Å²) in [6.45, 7) is 0. The van der Waals surface area contributed by atoms with Gasteiger partial charge in [-0.05, 0) is 6.07 Å². The Morgan fingerprint density at radius 2 is 2.20 bits per heavy atom. The van der Waals surface area contributed by atoms with Gasteiger partial charge >= 0.3 is 5.76 Å². The fraction of sp³-hybridized carbons (Fsp3) is 0.125. The van der Waals surface area contributed by atoms with Gasteiger partial charge in [-0.15, -0.1) is 0 Å². The van der Waals surface area contributed by atoms with Gasteiger partial charge in [0.25, 0.3) is 5.69 Å². The third-order valence-electron chi connectivity index (χ3n) is 2.06. The van der Waals surface area contributed by atoms with Crippen molar-refractivity contribution in [3.63, 3.8) is 0 Å². The molecule has 0 aliphatic rings. The van der Waals surface area contributed by atoms with Crippen molar-refractivity contribution < 1.29 is 9.34 Å². The molecule has 0 aliphatic carbocycles. The van der Waals surface area contributed by atoms with E-state index in [0.29, 0.717) is 5.52 Å². The molecule has 0 spiro atoms. The molecule has 0 radical (unpaired) electrons. The van der Waals surface area contributed by atoms with Crippen LogP contribution in [0.4, 0.5) is 5.69 Å². The van der Waals surface area contributed by atoms with Crippen LogP contribution >= 0.6 is 11.6 Å². The lowest BCUT2D eigenvalue weighted by Gasteiger charge is -1.95. The van der Waals surface area contributed by atoms with E-state index < -0.39 is 10.7 Å². The minimum absolute atomic E-state index is 0.0242. The molecule has 1 heterocycles. The molecule has 0 saturated heterocycles. The molecule has 0 N–H and O–H groups in total. The van der Waals surface area contributed by atoms with Crippen LogP contribution in [0.3, 0.4) is 0 Å². The number of hydrogen-bond acceptors (Lipinski definition) is 4. The molecule has 0 bridgehead atoms. The van der Waals surface area contributed by atoms with Gasteiger partial charge < -0.3 is 4.42 Å². The van der Waals surface area contributed by atoms with Crippen molar-refractivity contribution >= 4 is 28.4 Å². The lowest BCUT2D eigenvalue weighted by atomic mass is 10.3. The highest BCUT2D eigenvalue weighted by atomic mass is 35.5. The third-order valence-corrected chi connectivity index (χ3v) is 2.36. The zero-order valence-corrected chi connectivity index (χ0v) is 8.32. The number of nitro benzene ring substituents is 1. The van der Waals surface area contributed by atoms with E-state index in [1.54, 1.807) is 0 Å². The van der Waals surface area contributed by atoms with E-state index in [0.717, 1.165) is 6.07 Å². The highest BCUT2D eigenvalue weighted by Gasteiger charge is 2.17. The van der Waals surface area contributed by atoms with Crippen molar-refractivity contribution in [2.75, 3.05) is 0 Å². The van der Waals surface area contributed by atoms with Crippen molar-refractivity contribution in [3.05, 3.63) is 37.8 Å². The minimum atomic E-state index is -0.630. The van der Waals surface area contributed by atoms with Gasteiger partial charge in [0.05, 0.1) is 16.5 Å². The molecule has 0 fully saturated rings. The van der Waals surface area contributed by atoms with Gasteiger partial charge in [-0.25, -0.2) is 4.79 Å². The zero-order chi connectivity index (χ0) is 11.2. The number of hydrogen-bond donors (Lipinski definition) is 0. The van der Waals surface area contributed by atoms with E-state index in [-0.39, 0.29) is 16.3 Å². The number of benzene rings is 1. The largest absolute Gasteiger partial charge is 0.419 e. The molecular formula is C8H5ClN2O4. The average molecular weight is 229 g/mol. The van der Waals surface area contributed by atoms with E-state index in [1.165, 1.54) is 17.7 Å². The van der Waals surface area contributed by atoms with Crippen LogP contribution < -0.4 is 5.76 Å².